The first-order valence-corrected chi connectivity index (χ1v) is 8.68. The van der Waals surface area contributed by atoms with Gasteiger partial charge in [-0.3, -0.25) is 4.79 Å². The number of sulfone groups is 1. The minimum absolute atomic E-state index is 0.114. The molecule has 22 heavy (non-hydrogen) atoms. The number of amides is 1. The largest absolute Gasteiger partial charge is 0.412 e. The molecule has 1 amide bonds. The van der Waals surface area contributed by atoms with Crippen molar-refractivity contribution in [1.29, 1.82) is 0 Å². The molecule has 10 heteroatoms. The molecule has 0 spiro atoms. The number of halogens is 2. The summed E-state index contributed by atoms with van der Waals surface area (Å²) in [5.41, 5.74) is 0.286. The van der Waals surface area contributed by atoms with Gasteiger partial charge in [0.1, 0.15) is 0 Å². The van der Waals surface area contributed by atoms with Gasteiger partial charge in [0.25, 0.3) is 5.91 Å². The lowest BCUT2D eigenvalue weighted by atomic mass is 10.2. The molecule has 0 aliphatic rings. The minimum Gasteiger partial charge on any atom is -0.412 e. The number of benzene rings is 1. The van der Waals surface area contributed by atoms with Crippen molar-refractivity contribution < 1.29 is 17.6 Å². The van der Waals surface area contributed by atoms with Crippen LogP contribution in [0, 0.1) is 0 Å². The first kappa shape index (κ1) is 16.7. The molecule has 0 saturated carbocycles. The van der Waals surface area contributed by atoms with Crippen molar-refractivity contribution in [2.45, 2.75) is 11.6 Å². The first-order chi connectivity index (χ1) is 10.3. The zero-order chi connectivity index (χ0) is 16.3. The molecule has 1 heterocycles. The van der Waals surface area contributed by atoms with Crippen LogP contribution in [0.5, 0.6) is 0 Å². The van der Waals surface area contributed by atoms with Gasteiger partial charge in [-0.1, -0.05) is 28.3 Å². The quantitative estimate of drug-likeness (QED) is 0.867. The van der Waals surface area contributed by atoms with Crippen molar-refractivity contribution in [2.24, 2.45) is 0 Å². The summed E-state index contributed by atoms with van der Waals surface area (Å²) in [5.74, 6) is -0.271. The Morgan fingerprint density at radius 1 is 1.32 bits per heavy atom. The monoisotopic (exact) mass is 363 g/mol. The topological polar surface area (TPSA) is 102 Å². The molecule has 7 nitrogen and oxygen atoms in total. The van der Waals surface area contributed by atoms with Crippen LogP contribution in [-0.2, 0) is 16.3 Å². The molecular weight excluding hydrogens is 353 g/mol. The van der Waals surface area contributed by atoms with Crippen LogP contribution in [0.4, 0.5) is 0 Å². The lowest BCUT2D eigenvalue weighted by molar-refractivity contribution is 0.0953. The number of rotatable bonds is 5. The number of nitrogens with zero attached hydrogens (tertiary/aromatic N) is 2. The molecule has 0 radical (unpaired) electrons. The molecule has 0 aliphatic carbocycles. The summed E-state index contributed by atoms with van der Waals surface area (Å²) in [6.07, 6.45) is 1.16. The van der Waals surface area contributed by atoms with E-state index in [0.29, 0.717) is 5.02 Å². The van der Waals surface area contributed by atoms with E-state index in [9.17, 15) is 13.2 Å². The third-order valence-electron chi connectivity index (χ3n) is 2.57. The van der Waals surface area contributed by atoms with E-state index in [4.69, 9.17) is 27.6 Å². The van der Waals surface area contributed by atoms with Gasteiger partial charge in [0, 0.05) is 24.2 Å². The second kappa shape index (κ2) is 6.64. The fourth-order valence-electron chi connectivity index (χ4n) is 1.54. The van der Waals surface area contributed by atoms with Gasteiger partial charge in [-0.15, -0.1) is 5.10 Å². The molecule has 0 saturated heterocycles. The number of hydrogen-bond donors (Lipinski definition) is 1. The highest BCUT2D eigenvalue weighted by atomic mass is 35.5. The molecule has 0 unspecified atom stereocenters. The van der Waals surface area contributed by atoms with Crippen LogP contribution in [0.1, 0.15) is 16.2 Å². The van der Waals surface area contributed by atoms with Crippen LogP contribution in [-0.4, -0.2) is 37.3 Å². The Bertz CT molecular complexity index is 804. The van der Waals surface area contributed by atoms with E-state index >= 15 is 0 Å². The minimum atomic E-state index is -3.53. The molecular formula is C12H11Cl2N3O4S. The smallest absolute Gasteiger partial charge is 0.335 e. The Hall–Kier alpha value is -1.64. The second-order valence-electron chi connectivity index (χ2n) is 4.36. The van der Waals surface area contributed by atoms with Crippen molar-refractivity contribution in [2.75, 3.05) is 12.8 Å². The van der Waals surface area contributed by atoms with Gasteiger partial charge in [-0.2, -0.15) is 0 Å². The summed E-state index contributed by atoms with van der Waals surface area (Å²) in [4.78, 5) is 11.9. The average molecular weight is 364 g/mol. The van der Waals surface area contributed by atoms with E-state index in [-0.39, 0.29) is 35.3 Å². The standard InChI is InChI=1S/C12H11Cl2N3O4S/c1-22(19,20)12-17-16-10(21-12)4-5-15-11(18)8-3-2-7(13)6-9(8)14/h2-3,6H,4-5H2,1H3,(H,15,18). The zero-order valence-corrected chi connectivity index (χ0v) is 13.7. The van der Waals surface area contributed by atoms with Gasteiger partial charge in [0.2, 0.25) is 15.7 Å². The Labute approximate surface area is 136 Å². The van der Waals surface area contributed by atoms with E-state index in [1.54, 1.807) is 6.07 Å². The molecule has 1 aromatic heterocycles. The molecule has 0 atom stereocenters. The summed E-state index contributed by atoms with van der Waals surface area (Å²) in [6.45, 7) is 0.184. The van der Waals surface area contributed by atoms with Crippen molar-refractivity contribution in [3.8, 4) is 0 Å². The van der Waals surface area contributed by atoms with Gasteiger partial charge < -0.3 is 9.73 Å². The maximum Gasteiger partial charge on any atom is 0.335 e. The Morgan fingerprint density at radius 2 is 2.05 bits per heavy atom. The first-order valence-electron chi connectivity index (χ1n) is 6.03. The summed E-state index contributed by atoms with van der Waals surface area (Å²) in [5, 5.41) is 9.84. The molecule has 0 fully saturated rings. The fraction of sp³-hybridized carbons (Fsp3) is 0.250. The molecule has 1 aromatic carbocycles. The number of carbonyl (C=O) groups excluding carboxylic acids is 1. The van der Waals surface area contributed by atoms with Crippen LogP contribution >= 0.6 is 23.2 Å². The van der Waals surface area contributed by atoms with E-state index < -0.39 is 15.1 Å². The van der Waals surface area contributed by atoms with E-state index in [0.717, 1.165) is 6.26 Å². The van der Waals surface area contributed by atoms with Gasteiger partial charge >= 0.3 is 5.22 Å². The van der Waals surface area contributed by atoms with Gasteiger partial charge in [-0.05, 0) is 18.2 Å². The second-order valence-corrected chi connectivity index (χ2v) is 7.10. The third kappa shape index (κ3) is 4.19. The number of nitrogens with one attached hydrogen (secondary N) is 1. The Kier molecular flexibility index (Phi) is 5.05. The van der Waals surface area contributed by atoms with Gasteiger partial charge in [0.05, 0.1) is 10.6 Å². The average Bonchev–Trinajstić information content (AvgIpc) is 2.87. The highest BCUT2D eigenvalue weighted by Crippen LogP contribution is 2.20. The normalized spacial score (nSPS) is 11.4. The third-order valence-corrected chi connectivity index (χ3v) is 3.91. The fourth-order valence-corrected chi connectivity index (χ4v) is 2.47. The van der Waals surface area contributed by atoms with Crippen LogP contribution in [0.3, 0.4) is 0 Å². The highest BCUT2D eigenvalue weighted by molar-refractivity contribution is 7.90. The predicted molar refractivity (Wildman–Crippen MR) is 79.9 cm³/mol. The lowest BCUT2D eigenvalue weighted by Gasteiger charge is -2.05. The summed E-state index contributed by atoms with van der Waals surface area (Å²) < 4.78 is 27.3. The summed E-state index contributed by atoms with van der Waals surface area (Å²) in [6, 6.07) is 4.53. The Morgan fingerprint density at radius 3 is 2.64 bits per heavy atom. The predicted octanol–water partition coefficient (Wildman–Crippen LogP) is 1.75. The summed E-state index contributed by atoms with van der Waals surface area (Å²) in [7, 11) is -3.53. The highest BCUT2D eigenvalue weighted by Gasteiger charge is 2.16. The van der Waals surface area contributed by atoms with Crippen LogP contribution in [0.2, 0.25) is 10.0 Å². The summed E-state index contributed by atoms with van der Waals surface area (Å²) >= 11 is 11.7. The van der Waals surface area contributed by atoms with Crippen molar-refractivity contribution in [3.63, 3.8) is 0 Å². The van der Waals surface area contributed by atoms with Crippen LogP contribution < -0.4 is 5.32 Å². The van der Waals surface area contributed by atoms with E-state index in [2.05, 4.69) is 15.5 Å². The van der Waals surface area contributed by atoms with Crippen molar-refractivity contribution in [3.05, 3.63) is 39.7 Å². The zero-order valence-electron chi connectivity index (χ0n) is 11.3. The van der Waals surface area contributed by atoms with Gasteiger partial charge in [-0.25, -0.2) is 8.42 Å². The number of carbonyl (C=O) groups is 1. The number of hydrogen-bond acceptors (Lipinski definition) is 6. The van der Waals surface area contributed by atoms with Crippen LogP contribution in [0.25, 0.3) is 0 Å². The lowest BCUT2D eigenvalue weighted by Crippen LogP contribution is -2.26. The van der Waals surface area contributed by atoms with Crippen LogP contribution in [0.15, 0.2) is 27.8 Å². The maximum atomic E-state index is 11.9. The SMILES string of the molecule is CS(=O)(=O)c1nnc(CCNC(=O)c2ccc(Cl)cc2Cl)o1. The molecule has 0 aliphatic heterocycles. The Balaban J connectivity index is 1.93. The molecule has 2 rings (SSSR count). The molecule has 1 N–H and O–H groups in total. The van der Waals surface area contributed by atoms with E-state index in [1.165, 1.54) is 12.1 Å². The molecule has 118 valence electrons. The van der Waals surface area contributed by atoms with Crippen molar-refractivity contribution >= 4 is 38.9 Å². The van der Waals surface area contributed by atoms with E-state index in [1.807, 2.05) is 0 Å². The van der Waals surface area contributed by atoms with Gasteiger partial charge in [0.15, 0.2) is 0 Å². The maximum absolute atomic E-state index is 11.9. The number of aromatic nitrogens is 2. The van der Waals surface area contributed by atoms with Crippen molar-refractivity contribution in [1.82, 2.24) is 15.5 Å². The molecule has 0 bridgehead atoms. The molecule has 2 aromatic rings.